The monoisotopic (exact) mass is 242 g/mol. The van der Waals surface area contributed by atoms with E-state index in [1.807, 2.05) is 5.38 Å². The standard InChI is InChI=1S/C9H7ClN2O2S/c1-14-6(13)2-5-3-15-8-7(5)11-4-12-9(8)10/h3-4H,2H2,1H3. The van der Waals surface area contributed by atoms with E-state index in [1.54, 1.807) is 0 Å². The van der Waals surface area contributed by atoms with Gasteiger partial charge in [0.15, 0.2) is 0 Å². The normalized spacial score (nSPS) is 10.5. The molecule has 6 heteroatoms. The minimum absolute atomic E-state index is 0.212. The van der Waals surface area contributed by atoms with Gasteiger partial charge in [-0.1, -0.05) is 11.6 Å². The molecule has 0 atom stereocenters. The van der Waals surface area contributed by atoms with E-state index in [2.05, 4.69) is 14.7 Å². The summed E-state index contributed by atoms with van der Waals surface area (Å²) in [7, 11) is 1.36. The van der Waals surface area contributed by atoms with Gasteiger partial charge >= 0.3 is 5.97 Å². The van der Waals surface area contributed by atoms with Crippen LogP contribution >= 0.6 is 22.9 Å². The van der Waals surface area contributed by atoms with Gasteiger partial charge in [0.2, 0.25) is 0 Å². The van der Waals surface area contributed by atoms with E-state index < -0.39 is 0 Å². The SMILES string of the molecule is COC(=O)Cc1csc2c(Cl)ncnc12. The Balaban J connectivity index is 2.45. The summed E-state index contributed by atoms with van der Waals surface area (Å²) in [6.45, 7) is 0. The lowest BCUT2D eigenvalue weighted by molar-refractivity contribution is -0.139. The second kappa shape index (κ2) is 4.12. The van der Waals surface area contributed by atoms with E-state index in [0.717, 1.165) is 15.8 Å². The molecule has 0 aliphatic rings. The van der Waals surface area contributed by atoms with Crippen molar-refractivity contribution in [1.29, 1.82) is 0 Å². The molecule has 0 N–H and O–H groups in total. The summed E-state index contributed by atoms with van der Waals surface area (Å²) < 4.78 is 5.40. The predicted molar refractivity (Wildman–Crippen MR) is 58.1 cm³/mol. The van der Waals surface area contributed by atoms with E-state index in [0.29, 0.717) is 5.15 Å². The summed E-state index contributed by atoms with van der Waals surface area (Å²) in [4.78, 5) is 19.1. The van der Waals surface area contributed by atoms with Gasteiger partial charge in [0.25, 0.3) is 0 Å². The molecule has 0 fully saturated rings. The Morgan fingerprint density at radius 2 is 2.40 bits per heavy atom. The molecule has 0 aromatic carbocycles. The topological polar surface area (TPSA) is 52.1 Å². The summed E-state index contributed by atoms with van der Waals surface area (Å²) in [5.41, 5.74) is 1.55. The van der Waals surface area contributed by atoms with Gasteiger partial charge in [-0.05, 0) is 5.38 Å². The van der Waals surface area contributed by atoms with Crippen molar-refractivity contribution < 1.29 is 9.53 Å². The Labute approximate surface area is 94.9 Å². The van der Waals surface area contributed by atoms with Crippen molar-refractivity contribution in [2.75, 3.05) is 7.11 Å². The molecule has 2 rings (SSSR count). The molecule has 2 heterocycles. The summed E-state index contributed by atoms with van der Waals surface area (Å²) in [6.07, 6.45) is 1.60. The van der Waals surface area contributed by atoms with Crippen LogP contribution < -0.4 is 0 Å². The number of esters is 1. The van der Waals surface area contributed by atoms with Crippen LogP contribution in [0.25, 0.3) is 10.2 Å². The first-order valence-corrected chi connectivity index (χ1v) is 5.41. The molecule has 0 saturated carbocycles. The highest BCUT2D eigenvalue weighted by Crippen LogP contribution is 2.28. The first-order valence-electron chi connectivity index (χ1n) is 4.15. The fourth-order valence-electron chi connectivity index (χ4n) is 1.22. The number of halogens is 1. The van der Waals surface area contributed by atoms with Crippen molar-refractivity contribution in [1.82, 2.24) is 9.97 Å². The number of methoxy groups -OCH3 is 1. The zero-order valence-corrected chi connectivity index (χ0v) is 9.43. The maximum Gasteiger partial charge on any atom is 0.310 e. The number of nitrogens with zero attached hydrogens (tertiary/aromatic N) is 2. The molecule has 2 aromatic rings. The zero-order valence-electron chi connectivity index (χ0n) is 7.86. The highest BCUT2D eigenvalue weighted by Gasteiger charge is 2.12. The van der Waals surface area contributed by atoms with E-state index >= 15 is 0 Å². The Bertz CT molecular complexity index is 512. The third-order valence-corrected chi connectivity index (χ3v) is 3.37. The van der Waals surface area contributed by atoms with Gasteiger partial charge in [0.1, 0.15) is 11.5 Å². The molecule has 0 amide bonds. The Kier molecular flexibility index (Phi) is 2.83. The molecule has 15 heavy (non-hydrogen) atoms. The third-order valence-electron chi connectivity index (χ3n) is 1.95. The van der Waals surface area contributed by atoms with Crippen LogP contribution in [-0.2, 0) is 16.0 Å². The molecule has 0 aliphatic carbocycles. The van der Waals surface area contributed by atoms with E-state index in [9.17, 15) is 4.79 Å². The lowest BCUT2D eigenvalue weighted by atomic mass is 10.2. The molecular formula is C9H7ClN2O2S. The Morgan fingerprint density at radius 1 is 1.60 bits per heavy atom. The number of hydrogen-bond acceptors (Lipinski definition) is 5. The highest BCUT2D eigenvalue weighted by molar-refractivity contribution is 7.18. The van der Waals surface area contributed by atoms with Crippen molar-refractivity contribution in [3.63, 3.8) is 0 Å². The largest absolute Gasteiger partial charge is 0.469 e. The third kappa shape index (κ3) is 1.93. The van der Waals surface area contributed by atoms with Crippen LogP contribution in [0.2, 0.25) is 5.15 Å². The number of thiophene rings is 1. The van der Waals surface area contributed by atoms with Gasteiger partial charge < -0.3 is 4.74 Å². The molecule has 0 spiro atoms. The van der Waals surface area contributed by atoms with Crippen molar-refractivity contribution in [3.8, 4) is 0 Å². The average Bonchev–Trinajstić information content (AvgIpc) is 2.63. The molecule has 0 saturated heterocycles. The van der Waals surface area contributed by atoms with Crippen molar-refractivity contribution in [2.45, 2.75) is 6.42 Å². The average molecular weight is 243 g/mol. The van der Waals surface area contributed by atoms with Crippen LogP contribution in [0.4, 0.5) is 0 Å². The lowest BCUT2D eigenvalue weighted by Crippen LogP contribution is -2.04. The van der Waals surface area contributed by atoms with Gasteiger partial charge in [-0.15, -0.1) is 11.3 Å². The van der Waals surface area contributed by atoms with Crippen LogP contribution in [0.5, 0.6) is 0 Å². The summed E-state index contributed by atoms with van der Waals surface area (Å²) in [5.74, 6) is -0.288. The second-order valence-electron chi connectivity index (χ2n) is 2.86. The Hall–Kier alpha value is -1.20. The van der Waals surface area contributed by atoms with Gasteiger partial charge in [-0.3, -0.25) is 4.79 Å². The minimum Gasteiger partial charge on any atom is -0.469 e. The van der Waals surface area contributed by atoms with Crippen LogP contribution in [0, 0.1) is 0 Å². The number of hydrogen-bond donors (Lipinski definition) is 0. The smallest absolute Gasteiger partial charge is 0.310 e. The minimum atomic E-state index is -0.288. The fourth-order valence-corrected chi connectivity index (χ4v) is 2.39. The van der Waals surface area contributed by atoms with Crippen molar-refractivity contribution in [2.24, 2.45) is 0 Å². The van der Waals surface area contributed by atoms with E-state index in [4.69, 9.17) is 11.6 Å². The molecule has 2 aromatic heterocycles. The number of fused-ring (bicyclic) bond motifs is 1. The molecule has 0 bridgehead atoms. The number of carbonyl (C=O) groups is 1. The van der Waals surface area contributed by atoms with Gasteiger partial charge in [-0.25, -0.2) is 9.97 Å². The molecule has 78 valence electrons. The van der Waals surface area contributed by atoms with Crippen LogP contribution in [-0.4, -0.2) is 23.0 Å². The van der Waals surface area contributed by atoms with Gasteiger partial charge in [0, 0.05) is 5.56 Å². The van der Waals surface area contributed by atoms with Gasteiger partial charge in [0.05, 0.1) is 23.7 Å². The number of ether oxygens (including phenoxy) is 1. The molecule has 0 aliphatic heterocycles. The molecule has 0 radical (unpaired) electrons. The summed E-state index contributed by atoms with van der Waals surface area (Å²) in [6, 6.07) is 0. The summed E-state index contributed by atoms with van der Waals surface area (Å²) >= 11 is 7.31. The van der Waals surface area contributed by atoms with Crippen LogP contribution in [0.1, 0.15) is 5.56 Å². The number of carbonyl (C=O) groups excluding carboxylic acids is 1. The fraction of sp³-hybridized carbons (Fsp3) is 0.222. The highest BCUT2D eigenvalue weighted by atomic mass is 35.5. The predicted octanol–water partition coefficient (Wildman–Crippen LogP) is 2.06. The van der Waals surface area contributed by atoms with Crippen LogP contribution in [0.15, 0.2) is 11.7 Å². The first-order chi connectivity index (χ1) is 7.22. The number of rotatable bonds is 2. The second-order valence-corrected chi connectivity index (χ2v) is 4.09. The molecule has 4 nitrogen and oxygen atoms in total. The number of aromatic nitrogens is 2. The zero-order chi connectivity index (χ0) is 10.8. The van der Waals surface area contributed by atoms with Crippen LogP contribution in [0.3, 0.4) is 0 Å². The molecular weight excluding hydrogens is 236 g/mol. The van der Waals surface area contributed by atoms with Crippen molar-refractivity contribution >= 4 is 39.1 Å². The van der Waals surface area contributed by atoms with Gasteiger partial charge in [-0.2, -0.15) is 0 Å². The van der Waals surface area contributed by atoms with Crippen molar-refractivity contribution in [3.05, 3.63) is 22.4 Å². The maximum absolute atomic E-state index is 11.1. The molecule has 0 unspecified atom stereocenters. The van der Waals surface area contributed by atoms with E-state index in [1.165, 1.54) is 24.8 Å². The lowest BCUT2D eigenvalue weighted by Gasteiger charge is -1.97. The summed E-state index contributed by atoms with van der Waals surface area (Å²) in [5, 5.41) is 2.27. The first kappa shape index (κ1) is 10.3. The Morgan fingerprint density at radius 3 is 3.13 bits per heavy atom. The van der Waals surface area contributed by atoms with E-state index in [-0.39, 0.29) is 12.4 Å². The quantitative estimate of drug-likeness (QED) is 0.598. The maximum atomic E-state index is 11.1.